The second kappa shape index (κ2) is 14.0. The Hall–Kier alpha value is -0.0600. The molecule has 0 aliphatic heterocycles. The summed E-state index contributed by atoms with van der Waals surface area (Å²) in [6.07, 6.45) is 8.49. The van der Waals surface area contributed by atoms with Crippen LogP contribution in [0.1, 0.15) is 58.3 Å². The minimum Gasteiger partial charge on any atom is -0.548 e. The molecule has 0 aromatic rings. The second-order valence-corrected chi connectivity index (χ2v) is 4.02. The number of aliphatic carboxylic acids is 1. The first-order valence-electron chi connectivity index (χ1n) is 6.13. The largest absolute Gasteiger partial charge is 1.00 e. The number of rotatable bonds is 10. The van der Waals surface area contributed by atoms with Crippen molar-refractivity contribution >= 4 is 11.9 Å². The summed E-state index contributed by atoms with van der Waals surface area (Å²) in [7, 11) is 0. The Kier molecular flexibility index (Phi) is 15.9. The molecule has 4 nitrogen and oxygen atoms in total. The summed E-state index contributed by atoms with van der Waals surface area (Å²) in [5.74, 6) is -1.44. The summed E-state index contributed by atoms with van der Waals surface area (Å²) < 4.78 is 0. The molecular formula is C12H22NNaO3. The van der Waals surface area contributed by atoms with Crippen LogP contribution >= 0.6 is 0 Å². The molecule has 0 aliphatic carbocycles. The fourth-order valence-corrected chi connectivity index (χ4v) is 1.50. The van der Waals surface area contributed by atoms with Gasteiger partial charge in [-0.05, 0) is 6.42 Å². The molecule has 0 unspecified atom stereocenters. The van der Waals surface area contributed by atoms with Gasteiger partial charge in [-0.15, -0.1) is 0 Å². The van der Waals surface area contributed by atoms with E-state index in [9.17, 15) is 14.7 Å². The number of nitrogens with one attached hydrogen (secondary N) is 1. The molecule has 0 aliphatic rings. The number of hydrogen-bond acceptors (Lipinski definition) is 3. The van der Waals surface area contributed by atoms with Gasteiger partial charge < -0.3 is 15.2 Å². The topological polar surface area (TPSA) is 69.2 Å². The molecule has 17 heavy (non-hydrogen) atoms. The molecule has 0 rings (SSSR count). The second-order valence-electron chi connectivity index (χ2n) is 4.02. The minimum absolute atomic E-state index is 0. The zero-order valence-electron chi connectivity index (χ0n) is 11.1. The van der Waals surface area contributed by atoms with Crippen molar-refractivity contribution in [2.75, 3.05) is 6.54 Å². The van der Waals surface area contributed by atoms with E-state index in [0.717, 1.165) is 19.3 Å². The molecule has 5 heteroatoms. The van der Waals surface area contributed by atoms with E-state index < -0.39 is 5.97 Å². The Morgan fingerprint density at radius 1 is 1.00 bits per heavy atom. The molecule has 0 saturated heterocycles. The van der Waals surface area contributed by atoms with E-state index in [1.165, 1.54) is 25.7 Å². The van der Waals surface area contributed by atoms with Crippen LogP contribution in [-0.2, 0) is 9.59 Å². The van der Waals surface area contributed by atoms with Crippen LogP contribution in [0, 0.1) is 0 Å². The molecule has 0 radical (unpaired) electrons. The van der Waals surface area contributed by atoms with Gasteiger partial charge in [-0.25, -0.2) is 0 Å². The zero-order chi connectivity index (χ0) is 12.2. The molecule has 94 valence electrons. The van der Waals surface area contributed by atoms with Crippen molar-refractivity contribution in [2.45, 2.75) is 58.3 Å². The van der Waals surface area contributed by atoms with Gasteiger partial charge in [0, 0.05) is 6.42 Å². The first kappa shape index (κ1) is 19.3. The van der Waals surface area contributed by atoms with Gasteiger partial charge in [-0.2, -0.15) is 0 Å². The van der Waals surface area contributed by atoms with Crippen LogP contribution in [0.3, 0.4) is 0 Å². The van der Waals surface area contributed by atoms with Gasteiger partial charge in [0.25, 0.3) is 0 Å². The van der Waals surface area contributed by atoms with E-state index in [1.807, 2.05) is 0 Å². The van der Waals surface area contributed by atoms with E-state index in [4.69, 9.17) is 0 Å². The van der Waals surface area contributed by atoms with E-state index in [0.29, 0.717) is 6.42 Å². The van der Waals surface area contributed by atoms with Crippen LogP contribution in [0.25, 0.3) is 0 Å². The molecule has 0 aromatic carbocycles. The molecule has 0 fully saturated rings. The summed E-state index contributed by atoms with van der Waals surface area (Å²) >= 11 is 0. The average molecular weight is 251 g/mol. The SMILES string of the molecule is CCCCCCCCCC(=O)NCC(=O)[O-].[Na+]. The summed E-state index contributed by atoms with van der Waals surface area (Å²) in [5.41, 5.74) is 0. The number of carboxylic acids is 1. The zero-order valence-corrected chi connectivity index (χ0v) is 13.1. The van der Waals surface area contributed by atoms with Crippen LogP contribution in [0.15, 0.2) is 0 Å². The molecule has 0 spiro atoms. The number of carbonyl (C=O) groups excluding carboxylic acids is 2. The minimum atomic E-state index is -1.24. The first-order chi connectivity index (χ1) is 7.66. The molecule has 0 aromatic heterocycles. The van der Waals surface area contributed by atoms with Gasteiger partial charge in [0.15, 0.2) is 0 Å². The normalized spacial score (nSPS) is 9.47. The Morgan fingerprint density at radius 2 is 1.53 bits per heavy atom. The fraction of sp³-hybridized carbons (Fsp3) is 0.833. The summed E-state index contributed by atoms with van der Waals surface area (Å²) in [5, 5.41) is 12.3. The molecule has 1 N–H and O–H groups in total. The number of hydrogen-bond donors (Lipinski definition) is 1. The third-order valence-corrected chi connectivity index (χ3v) is 2.44. The van der Waals surface area contributed by atoms with E-state index in [2.05, 4.69) is 12.2 Å². The van der Waals surface area contributed by atoms with E-state index >= 15 is 0 Å². The number of carbonyl (C=O) groups is 2. The summed E-state index contributed by atoms with van der Waals surface area (Å²) in [6.45, 7) is 1.80. The predicted octanol–water partition coefficient (Wildman–Crippen LogP) is -2.00. The molecule has 0 atom stereocenters. The molecule has 0 saturated carbocycles. The van der Waals surface area contributed by atoms with Crippen molar-refractivity contribution in [1.29, 1.82) is 0 Å². The quantitative estimate of drug-likeness (QED) is 0.360. The third kappa shape index (κ3) is 15.9. The number of carboxylic acid groups (broad SMARTS) is 1. The molecular weight excluding hydrogens is 229 g/mol. The smallest absolute Gasteiger partial charge is 0.548 e. The van der Waals surface area contributed by atoms with Crippen molar-refractivity contribution in [3.8, 4) is 0 Å². The summed E-state index contributed by atoms with van der Waals surface area (Å²) in [4.78, 5) is 21.1. The average Bonchev–Trinajstić information content (AvgIpc) is 2.25. The van der Waals surface area contributed by atoms with Crippen LogP contribution in [-0.4, -0.2) is 18.4 Å². The third-order valence-electron chi connectivity index (χ3n) is 2.44. The Labute approximate surface area is 126 Å². The molecule has 1 amide bonds. The first-order valence-corrected chi connectivity index (χ1v) is 6.13. The van der Waals surface area contributed by atoms with Gasteiger partial charge in [-0.3, -0.25) is 4.79 Å². The Morgan fingerprint density at radius 3 is 2.06 bits per heavy atom. The summed E-state index contributed by atoms with van der Waals surface area (Å²) in [6, 6.07) is 0. The van der Waals surface area contributed by atoms with Crippen molar-refractivity contribution in [1.82, 2.24) is 5.32 Å². The predicted molar refractivity (Wildman–Crippen MR) is 60.6 cm³/mol. The van der Waals surface area contributed by atoms with Crippen LogP contribution in [0.4, 0.5) is 0 Å². The van der Waals surface area contributed by atoms with Gasteiger partial charge in [-0.1, -0.05) is 45.4 Å². The van der Waals surface area contributed by atoms with E-state index in [-0.39, 0.29) is 42.0 Å². The van der Waals surface area contributed by atoms with Crippen molar-refractivity contribution in [2.24, 2.45) is 0 Å². The van der Waals surface area contributed by atoms with Crippen molar-refractivity contribution in [3.63, 3.8) is 0 Å². The maximum absolute atomic E-state index is 11.1. The number of unbranched alkanes of at least 4 members (excludes halogenated alkanes) is 6. The van der Waals surface area contributed by atoms with Gasteiger partial charge >= 0.3 is 29.6 Å². The van der Waals surface area contributed by atoms with Crippen LogP contribution < -0.4 is 40.0 Å². The maximum atomic E-state index is 11.1. The Balaban J connectivity index is 0. The molecule has 0 bridgehead atoms. The number of amides is 1. The maximum Gasteiger partial charge on any atom is 1.00 e. The van der Waals surface area contributed by atoms with Crippen LogP contribution in [0.2, 0.25) is 0 Å². The van der Waals surface area contributed by atoms with Crippen molar-refractivity contribution in [3.05, 3.63) is 0 Å². The van der Waals surface area contributed by atoms with Gasteiger partial charge in [0.05, 0.1) is 12.5 Å². The van der Waals surface area contributed by atoms with Gasteiger partial charge in [0.1, 0.15) is 0 Å². The Bertz CT molecular complexity index is 210. The standard InChI is InChI=1S/C12H23NO3.Na/c1-2-3-4-5-6-7-8-9-11(14)13-10-12(15)16;/h2-10H2,1H3,(H,13,14)(H,15,16);/q;+1/p-1. The van der Waals surface area contributed by atoms with Crippen LogP contribution in [0.5, 0.6) is 0 Å². The van der Waals surface area contributed by atoms with E-state index in [1.54, 1.807) is 0 Å². The monoisotopic (exact) mass is 251 g/mol. The fourth-order valence-electron chi connectivity index (χ4n) is 1.50. The molecule has 0 heterocycles. The van der Waals surface area contributed by atoms with Crippen molar-refractivity contribution < 1.29 is 44.3 Å². The van der Waals surface area contributed by atoms with Gasteiger partial charge in [0.2, 0.25) is 5.91 Å².